The van der Waals surface area contributed by atoms with Crippen molar-refractivity contribution >= 4 is 23.5 Å². The van der Waals surface area contributed by atoms with Crippen molar-refractivity contribution in [2.24, 2.45) is 0 Å². The molecule has 0 unspecified atom stereocenters. The summed E-state index contributed by atoms with van der Waals surface area (Å²) >= 11 is 0. The van der Waals surface area contributed by atoms with Gasteiger partial charge >= 0.3 is 5.97 Å². The Hall–Kier alpha value is -3.28. The lowest BCUT2D eigenvalue weighted by Gasteiger charge is -2.20. The van der Waals surface area contributed by atoms with Crippen LogP contribution in [0.4, 0.5) is 5.69 Å². The van der Waals surface area contributed by atoms with E-state index in [4.69, 9.17) is 14.2 Å². The molecule has 0 fully saturated rings. The highest BCUT2D eigenvalue weighted by Crippen LogP contribution is 2.39. The lowest BCUT2D eigenvalue weighted by molar-refractivity contribution is -0.145. The van der Waals surface area contributed by atoms with Gasteiger partial charge in [-0.05, 0) is 63.6 Å². The van der Waals surface area contributed by atoms with E-state index < -0.39 is 5.97 Å². The number of hydrogen-bond donors (Lipinski definition) is 0. The number of carbonyl (C=O) groups excluding carboxylic acids is 2. The summed E-state index contributed by atoms with van der Waals surface area (Å²) in [5.41, 5.74) is 3.19. The minimum absolute atomic E-state index is 0.169. The summed E-state index contributed by atoms with van der Waals surface area (Å²) in [6.45, 7) is 9.76. The van der Waals surface area contributed by atoms with Crippen LogP contribution in [0.2, 0.25) is 0 Å². The molecule has 6 heteroatoms. The van der Waals surface area contributed by atoms with Crippen molar-refractivity contribution < 1.29 is 23.8 Å². The van der Waals surface area contributed by atoms with E-state index in [1.54, 1.807) is 32.1 Å². The van der Waals surface area contributed by atoms with Crippen LogP contribution in [0.25, 0.3) is 6.08 Å². The van der Waals surface area contributed by atoms with Gasteiger partial charge in [-0.25, -0.2) is 4.79 Å². The maximum Gasteiger partial charge on any atom is 0.344 e. The number of benzene rings is 2. The number of carbonyl (C=O) groups is 2. The summed E-state index contributed by atoms with van der Waals surface area (Å²) in [5, 5.41) is 0. The average molecular weight is 409 g/mol. The maximum atomic E-state index is 12.8. The second-order valence-electron chi connectivity index (χ2n) is 6.86. The van der Waals surface area contributed by atoms with Crippen molar-refractivity contribution in [1.29, 1.82) is 0 Å². The molecule has 0 saturated heterocycles. The highest BCUT2D eigenvalue weighted by Gasteiger charge is 2.30. The van der Waals surface area contributed by atoms with Gasteiger partial charge in [0.25, 0.3) is 0 Å². The van der Waals surface area contributed by atoms with Crippen LogP contribution in [0.1, 0.15) is 42.3 Å². The monoisotopic (exact) mass is 409 g/mol. The lowest BCUT2D eigenvalue weighted by atomic mass is 10.1. The van der Waals surface area contributed by atoms with Crippen LogP contribution in [-0.4, -0.2) is 38.1 Å². The molecule has 0 saturated carbocycles. The van der Waals surface area contributed by atoms with Gasteiger partial charge in [-0.15, -0.1) is 0 Å². The Morgan fingerprint density at radius 1 is 1.07 bits per heavy atom. The van der Waals surface area contributed by atoms with Crippen molar-refractivity contribution in [3.63, 3.8) is 0 Å². The van der Waals surface area contributed by atoms with E-state index in [2.05, 4.69) is 18.7 Å². The molecule has 0 N–H and O–H groups in total. The Morgan fingerprint density at radius 3 is 2.40 bits per heavy atom. The number of anilines is 1. The van der Waals surface area contributed by atoms with Crippen LogP contribution < -0.4 is 14.4 Å². The third-order valence-electron chi connectivity index (χ3n) is 5.01. The summed E-state index contributed by atoms with van der Waals surface area (Å²) < 4.78 is 16.3. The van der Waals surface area contributed by atoms with E-state index >= 15 is 0 Å². The fraction of sp³-hybridized carbons (Fsp3) is 0.333. The SMILES string of the molecule is CCOC(=O)COc1ccc2c(c1C)O/C(=C\c1ccc(N(CC)CC)cc1)C2=O. The summed E-state index contributed by atoms with van der Waals surface area (Å²) in [6, 6.07) is 11.4. The van der Waals surface area contributed by atoms with Crippen LogP contribution >= 0.6 is 0 Å². The van der Waals surface area contributed by atoms with Crippen molar-refractivity contribution in [3.8, 4) is 11.5 Å². The molecule has 0 spiro atoms. The topological polar surface area (TPSA) is 65.1 Å². The molecule has 2 aromatic rings. The van der Waals surface area contributed by atoms with Gasteiger partial charge in [0, 0.05) is 24.3 Å². The van der Waals surface area contributed by atoms with Gasteiger partial charge in [0.15, 0.2) is 12.4 Å². The molecule has 158 valence electrons. The van der Waals surface area contributed by atoms with Crippen molar-refractivity contribution in [2.75, 3.05) is 31.2 Å². The zero-order chi connectivity index (χ0) is 21.7. The molecule has 0 aliphatic carbocycles. The van der Waals surface area contributed by atoms with Crippen LogP contribution in [0, 0.1) is 6.92 Å². The number of rotatable bonds is 8. The minimum atomic E-state index is -0.442. The largest absolute Gasteiger partial charge is 0.481 e. The molecule has 0 amide bonds. The molecule has 6 nitrogen and oxygen atoms in total. The van der Waals surface area contributed by atoms with E-state index in [0.29, 0.717) is 29.2 Å². The van der Waals surface area contributed by atoms with E-state index in [1.165, 1.54) is 0 Å². The molecular formula is C24H27NO5. The summed E-state index contributed by atoms with van der Waals surface area (Å²) in [4.78, 5) is 26.6. The van der Waals surface area contributed by atoms with E-state index in [1.807, 2.05) is 24.3 Å². The Labute approximate surface area is 177 Å². The van der Waals surface area contributed by atoms with Gasteiger partial charge in [0.2, 0.25) is 5.78 Å². The second kappa shape index (κ2) is 9.48. The Morgan fingerprint density at radius 2 is 1.77 bits per heavy atom. The highest BCUT2D eigenvalue weighted by molar-refractivity contribution is 6.15. The van der Waals surface area contributed by atoms with Crippen LogP contribution in [-0.2, 0) is 9.53 Å². The molecule has 30 heavy (non-hydrogen) atoms. The number of ketones is 1. The predicted molar refractivity (Wildman–Crippen MR) is 116 cm³/mol. The molecule has 0 atom stereocenters. The first-order valence-corrected chi connectivity index (χ1v) is 10.2. The first-order valence-electron chi connectivity index (χ1n) is 10.2. The van der Waals surface area contributed by atoms with Crippen LogP contribution in [0.3, 0.4) is 0 Å². The fourth-order valence-corrected chi connectivity index (χ4v) is 3.39. The predicted octanol–water partition coefficient (Wildman–Crippen LogP) is 4.40. The van der Waals surface area contributed by atoms with E-state index in [9.17, 15) is 9.59 Å². The maximum absolute atomic E-state index is 12.8. The summed E-state index contributed by atoms with van der Waals surface area (Å²) in [7, 11) is 0. The van der Waals surface area contributed by atoms with Gasteiger partial charge < -0.3 is 19.1 Å². The third kappa shape index (κ3) is 4.48. The first-order chi connectivity index (χ1) is 14.5. The smallest absolute Gasteiger partial charge is 0.344 e. The summed E-state index contributed by atoms with van der Waals surface area (Å²) in [5.74, 6) is 0.610. The summed E-state index contributed by atoms with van der Waals surface area (Å²) in [6.07, 6.45) is 1.74. The van der Waals surface area contributed by atoms with Crippen LogP contribution in [0.15, 0.2) is 42.2 Å². The normalized spacial score (nSPS) is 13.7. The number of fused-ring (bicyclic) bond motifs is 1. The number of nitrogens with zero attached hydrogens (tertiary/aromatic N) is 1. The van der Waals surface area contributed by atoms with Gasteiger partial charge in [0.05, 0.1) is 12.2 Å². The van der Waals surface area contributed by atoms with Gasteiger partial charge in [-0.1, -0.05) is 12.1 Å². The van der Waals surface area contributed by atoms with Crippen molar-refractivity contribution in [2.45, 2.75) is 27.7 Å². The number of Topliss-reactive ketones (excluding diaryl/α,β-unsaturated/α-hetero) is 1. The number of allylic oxidation sites excluding steroid dienone is 1. The fourth-order valence-electron chi connectivity index (χ4n) is 3.39. The quantitative estimate of drug-likeness (QED) is 0.476. The minimum Gasteiger partial charge on any atom is -0.481 e. The Kier molecular flexibility index (Phi) is 6.77. The Balaban J connectivity index is 1.78. The average Bonchev–Trinajstić information content (AvgIpc) is 3.06. The first kappa shape index (κ1) is 21.4. The molecule has 2 aromatic carbocycles. The molecule has 0 radical (unpaired) electrons. The van der Waals surface area contributed by atoms with E-state index in [-0.39, 0.29) is 18.1 Å². The molecule has 0 bridgehead atoms. The van der Waals surface area contributed by atoms with Crippen LogP contribution in [0.5, 0.6) is 11.5 Å². The van der Waals surface area contributed by atoms with Gasteiger partial charge in [-0.3, -0.25) is 4.79 Å². The highest BCUT2D eigenvalue weighted by atomic mass is 16.6. The molecule has 1 aliphatic heterocycles. The third-order valence-corrected chi connectivity index (χ3v) is 5.01. The Bertz CT molecular complexity index is 958. The number of ether oxygens (including phenoxy) is 3. The molecule has 1 aliphatic rings. The molecule has 0 aromatic heterocycles. The molecular weight excluding hydrogens is 382 g/mol. The number of hydrogen-bond acceptors (Lipinski definition) is 6. The zero-order valence-corrected chi connectivity index (χ0v) is 17.9. The van der Waals surface area contributed by atoms with E-state index in [0.717, 1.165) is 24.3 Å². The van der Waals surface area contributed by atoms with Crippen molar-refractivity contribution in [1.82, 2.24) is 0 Å². The lowest BCUT2D eigenvalue weighted by Crippen LogP contribution is -2.21. The van der Waals surface area contributed by atoms with Gasteiger partial charge in [0.1, 0.15) is 11.5 Å². The van der Waals surface area contributed by atoms with Gasteiger partial charge in [-0.2, -0.15) is 0 Å². The zero-order valence-electron chi connectivity index (χ0n) is 17.9. The standard InChI is InChI=1S/C24H27NO5/c1-5-25(6-2)18-10-8-17(9-11-18)14-21-23(27)19-12-13-20(16(4)24(19)30-21)29-15-22(26)28-7-3/h8-14H,5-7,15H2,1-4H3/b21-14-. The molecule has 3 rings (SSSR count). The molecule has 1 heterocycles. The second-order valence-corrected chi connectivity index (χ2v) is 6.86. The van der Waals surface area contributed by atoms with Crippen molar-refractivity contribution in [3.05, 3.63) is 58.8 Å². The number of esters is 1.